The standard InChI is InChI=1S/C16H19ClN4O.ClH/c1-2-19-8-7-18-16(19)21-11-9-20(10-12-21)15(22)13-3-5-14(17)6-4-13;/h3-8H,2,9-12H2,1H3;1H. The Bertz CT molecular complexity index is 648. The van der Waals surface area contributed by atoms with E-state index in [1.165, 1.54) is 0 Å². The van der Waals surface area contributed by atoms with Crippen LogP contribution in [0.2, 0.25) is 5.02 Å². The van der Waals surface area contributed by atoms with Crippen LogP contribution >= 0.6 is 24.0 Å². The van der Waals surface area contributed by atoms with Crippen LogP contribution in [0.5, 0.6) is 0 Å². The average molecular weight is 355 g/mol. The van der Waals surface area contributed by atoms with Crippen LogP contribution in [0.1, 0.15) is 17.3 Å². The number of hydrogen-bond donors (Lipinski definition) is 0. The van der Waals surface area contributed by atoms with Crippen molar-refractivity contribution in [2.45, 2.75) is 13.5 Å². The number of carbonyl (C=O) groups is 1. The van der Waals surface area contributed by atoms with Gasteiger partial charge >= 0.3 is 0 Å². The average Bonchev–Trinajstić information content (AvgIpc) is 3.04. The lowest BCUT2D eigenvalue weighted by Crippen LogP contribution is -2.49. The Labute approximate surface area is 147 Å². The van der Waals surface area contributed by atoms with Gasteiger partial charge in [-0.25, -0.2) is 4.98 Å². The SMILES string of the molecule is CCn1ccnc1N1CCN(C(=O)c2ccc(Cl)cc2)CC1.Cl. The quantitative estimate of drug-likeness (QED) is 0.850. The highest BCUT2D eigenvalue weighted by Crippen LogP contribution is 2.17. The molecule has 1 aromatic carbocycles. The summed E-state index contributed by atoms with van der Waals surface area (Å²) in [6, 6.07) is 7.06. The topological polar surface area (TPSA) is 41.4 Å². The minimum absolute atomic E-state index is 0. The molecule has 0 saturated carbocycles. The first-order valence-electron chi connectivity index (χ1n) is 7.50. The van der Waals surface area contributed by atoms with Crippen molar-refractivity contribution in [1.29, 1.82) is 0 Å². The van der Waals surface area contributed by atoms with Crippen LogP contribution in [-0.4, -0.2) is 46.5 Å². The second-order valence-corrected chi connectivity index (χ2v) is 5.74. The van der Waals surface area contributed by atoms with Crippen LogP contribution in [0.15, 0.2) is 36.7 Å². The van der Waals surface area contributed by atoms with E-state index in [1.807, 2.05) is 17.3 Å². The smallest absolute Gasteiger partial charge is 0.253 e. The lowest BCUT2D eigenvalue weighted by molar-refractivity contribution is 0.0746. The molecule has 7 heteroatoms. The molecular weight excluding hydrogens is 335 g/mol. The molecule has 1 saturated heterocycles. The van der Waals surface area contributed by atoms with E-state index in [2.05, 4.69) is 21.4 Å². The number of aryl methyl sites for hydroxylation is 1. The van der Waals surface area contributed by atoms with E-state index in [0.717, 1.165) is 25.6 Å². The predicted octanol–water partition coefficient (Wildman–Crippen LogP) is 2.94. The number of imidazole rings is 1. The first kappa shape index (κ1) is 17.6. The zero-order valence-electron chi connectivity index (χ0n) is 13.0. The maximum Gasteiger partial charge on any atom is 0.253 e. The molecule has 0 bridgehead atoms. The summed E-state index contributed by atoms with van der Waals surface area (Å²) >= 11 is 5.87. The Hall–Kier alpha value is -1.72. The van der Waals surface area contributed by atoms with E-state index in [0.29, 0.717) is 23.7 Å². The Morgan fingerprint density at radius 2 is 1.83 bits per heavy atom. The van der Waals surface area contributed by atoms with Crippen molar-refractivity contribution >= 4 is 35.9 Å². The van der Waals surface area contributed by atoms with Crippen molar-refractivity contribution in [1.82, 2.24) is 14.5 Å². The molecular formula is C16H20Cl2N4O. The van der Waals surface area contributed by atoms with E-state index in [9.17, 15) is 4.79 Å². The number of carbonyl (C=O) groups excluding carboxylic acids is 1. The molecule has 0 radical (unpaired) electrons. The number of anilines is 1. The largest absolute Gasteiger partial charge is 0.339 e. The zero-order valence-corrected chi connectivity index (χ0v) is 14.6. The summed E-state index contributed by atoms with van der Waals surface area (Å²) in [5.74, 6) is 1.05. The molecule has 0 N–H and O–H groups in total. The van der Waals surface area contributed by atoms with Crippen molar-refractivity contribution < 1.29 is 4.79 Å². The monoisotopic (exact) mass is 354 g/mol. The number of piperazine rings is 1. The van der Waals surface area contributed by atoms with Gasteiger partial charge in [-0.3, -0.25) is 4.79 Å². The van der Waals surface area contributed by atoms with Gasteiger partial charge in [-0.05, 0) is 31.2 Å². The van der Waals surface area contributed by atoms with Gasteiger partial charge in [-0.2, -0.15) is 0 Å². The molecule has 0 aliphatic carbocycles. The van der Waals surface area contributed by atoms with E-state index < -0.39 is 0 Å². The highest BCUT2D eigenvalue weighted by molar-refractivity contribution is 6.30. The highest BCUT2D eigenvalue weighted by atomic mass is 35.5. The summed E-state index contributed by atoms with van der Waals surface area (Å²) in [6.07, 6.45) is 3.81. The lowest BCUT2D eigenvalue weighted by Gasteiger charge is -2.35. The van der Waals surface area contributed by atoms with E-state index in [-0.39, 0.29) is 18.3 Å². The third kappa shape index (κ3) is 3.79. The number of halogens is 2. The van der Waals surface area contributed by atoms with Gasteiger partial charge in [-0.1, -0.05) is 11.6 Å². The molecule has 1 aromatic heterocycles. The van der Waals surface area contributed by atoms with Crippen LogP contribution in [0, 0.1) is 0 Å². The molecule has 124 valence electrons. The summed E-state index contributed by atoms with van der Waals surface area (Å²) in [5.41, 5.74) is 0.688. The third-order valence-corrected chi connectivity index (χ3v) is 4.23. The van der Waals surface area contributed by atoms with Crippen LogP contribution < -0.4 is 4.90 Å². The number of amides is 1. The molecule has 2 heterocycles. The van der Waals surface area contributed by atoms with Gasteiger partial charge < -0.3 is 14.4 Å². The molecule has 1 fully saturated rings. The number of rotatable bonds is 3. The van der Waals surface area contributed by atoms with Crippen molar-refractivity contribution in [3.63, 3.8) is 0 Å². The Balaban J connectivity index is 0.00000192. The summed E-state index contributed by atoms with van der Waals surface area (Å²) in [7, 11) is 0. The molecule has 23 heavy (non-hydrogen) atoms. The summed E-state index contributed by atoms with van der Waals surface area (Å²) in [5, 5.41) is 0.646. The molecule has 2 aromatic rings. The first-order valence-corrected chi connectivity index (χ1v) is 7.87. The van der Waals surface area contributed by atoms with Crippen molar-refractivity contribution in [3.05, 3.63) is 47.2 Å². The maximum absolute atomic E-state index is 12.5. The predicted molar refractivity (Wildman–Crippen MR) is 94.7 cm³/mol. The highest BCUT2D eigenvalue weighted by Gasteiger charge is 2.24. The summed E-state index contributed by atoms with van der Waals surface area (Å²) in [4.78, 5) is 21.0. The van der Waals surface area contributed by atoms with Gasteiger partial charge in [0, 0.05) is 55.7 Å². The summed E-state index contributed by atoms with van der Waals surface area (Å²) in [6.45, 7) is 6.02. The number of hydrogen-bond acceptors (Lipinski definition) is 3. The second-order valence-electron chi connectivity index (χ2n) is 5.30. The third-order valence-electron chi connectivity index (χ3n) is 3.98. The van der Waals surface area contributed by atoms with Gasteiger partial charge in [-0.15, -0.1) is 12.4 Å². The van der Waals surface area contributed by atoms with Crippen molar-refractivity contribution in [2.75, 3.05) is 31.1 Å². The van der Waals surface area contributed by atoms with Gasteiger partial charge in [0.15, 0.2) is 0 Å². The molecule has 1 aliphatic heterocycles. The molecule has 1 amide bonds. The van der Waals surface area contributed by atoms with Gasteiger partial charge in [0.25, 0.3) is 5.91 Å². The Morgan fingerprint density at radius 1 is 1.17 bits per heavy atom. The fraction of sp³-hybridized carbons (Fsp3) is 0.375. The van der Waals surface area contributed by atoms with E-state index >= 15 is 0 Å². The van der Waals surface area contributed by atoms with Crippen LogP contribution in [-0.2, 0) is 6.54 Å². The minimum Gasteiger partial charge on any atom is -0.339 e. The number of aromatic nitrogens is 2. The number of nitrogens with zero attached hydrogens (tertiary/aromatic N) is 4. The Morgan fingerprint density at radius 3 is 2.43 bits per heavy atom. The first-order chi connectivity index (χ1) is 10.7. The second kappa shape index (κ2) is 7.70. The molecule has 0 spiro atoms. The molecule has 1 aliphatic rings. The van der Waals surface area contributed by atoms with Crippen LogP contribution in [0.25, 0.3) is 0 Å². The van der Waals surface area contributed by atoms with Gasteiger partial charge in [0.2, 0.25) is 5.95 Å². The summed E-state index contributed by atoms with van der Waals surface area (Å²) < 4.78 is 2.12. The maximum atomic E-state index is 12.5. The zero-order chi connectivity index (χ0) is 15.5. The van der Waals surface area contributed by atoms with Crippen LogP contribution in [0.3, 0.4) is 0 Å². The van der Waals surface area contributed by atoms with E-state index in [1.54, 1.807) is 24.3 Å². The lowest BCUT2D eigenvalue weighted by atomic mass is 10.2. The van der Waals surface area contributed by atoms with Crippen molar-refractivity contribution in [3.8, 4) is 0 Å². The molecule has 0 unspecified atom stereocenters. The van der Waals surface area contributed by atoms with E-state index in [4.69, 9.17) is 11.6 Å². The fourth-order valence-electron chi connectivity index (χ4n) is 2.72. The fourth-order valence-corrected chi connectivity index (χ4v) is 2.84. The normalized spacial score (nSPS) is 14.5. The van der Waals surface area contributed by atoms with Gasteiger partial charge in [0.05, 0.1) is 0 Å². The Kier molecular flexibility index (Phi) is 5.91. The molecule has 5 nitrogen and oxygen atoms in total. The van der Waals surface area contributed by atoms with Crippen LogP contribution in [0.4, 0.5) is 5.95 Å². The van der Waals surface area contributed by atoms with Crippen molar-refractivity contribution in [2.24, 2.45) is 0 Å². The molecule has 3 rings (SSSR count). The minimum atomic E-state index is 0. The number of benzene rings is 1. The molecule has 0 atom stereocenters. The van der Waals surface area contributed by atoms with Gasteiger partial charge in [0.1, 0.15) is 0 Å².